The van der Waals surface area contributed by atoms with Crippen molar-refractivity contribution in [2.24, 2.45) is 0 Å². The number of para-hydroxylation sites is 1. The smallest absolute Gasteiger partial charge is 0.416 e. The lowest BCUT2D eigenvalue weighted by Gasteiger charge is -2.31. The number of nitrogens with zero attached hydrogens (tertiary/aromatic N) is 3. The summed E-state index contributed by atoms with van der Waals surface area (Å²) in [7, 11) is 3.08. The van der Waals surface area contributed by atoms with Gasteiger partial charge >= 0.3 is 12.2 Å². The molecule has 0 atom stereocenters. The van der Waals surface area contributed by atoms with E-state index in [1.807, 2.05) is 18.2 Å². The fourth-order valence-electron chi connectivity index (χ4n) is 4.75. The van der Waals surface area contributed by atoms with Crippen molar-refractivity contribution in [1.82, 2.24) is 15.3 Å². The molecule has 242 valence electrons. The van der Waals surface area contributed by atoms with E-state index in [1.54, 1.807) is 25.3 Å². The highest BCUT2D eigenvalue weighted by atomic mass is 35.5. The molecule has 46 heavy (non-hydrogen) atoms. The number of ether oxygens (including phenoxy) is 3. The Labute approximate surface area is 268 Å². The van der Waals surface area contributed by atoms with Gasteiger partial charge in [-0.3, -0.25) is 0 Å². The van der Waals surface area contributed by atoms with E-state index in [0.717, 1.165) is 23.5 Å². The first kappa shape index (κ1) is 32.4. The van der Waals surface area contributed by atoms with Crippen LogP contribution in [0, 0.1) is 0 Å². The van der Waals surface area contributed by atoms with Crippen molar-refractivity contribution in [3.63, 3.8) is 0 Å². The van der Waals surface area contributed by atoms with Crippen molar-refractivity contribution in [2.75, 3.05) is 61.4 Å². The Balaban J connectivity index is 1.27. The van der Waals surface area contributed by atoms with Crippen molar-refractivity contribution in [3.8, 4) is 11.5 Å². The number of aromatic nitrogens is 2. The Hall–Kier alpha value is -4.95. The summed E-state index contributed by atoms with van der Waals surface area (Å²) in [6.07, 6.45) is -3.01. The van der Waals surface area contributed by atoms with Crippen molar-refractivity contribution in [2.45, 2.75) is 12.7 Å². The maximum atomic E-state index is 13.0. The summed E-state index contributed by atoms with van der Waals surface area (Å²) >= 11 is 6.48. The van der Waals surface area contributed by atoms with E-state index in [1.165, 1.54) is 25.4 Å². The average Bonchev–Trinajstić information content (AvgIpc) is 3.06. The van der Waals surface area contributed by atoms with Crippen molar-refractivity contribution < 1.29 is 32.2 Å². The van der Waals surface area contributed by atoms with Crippen LogP contribution in [0.5, 0.6) is 11.5 Å². The molecule has 0 radical (unpaired) electrons. The van der Waals surface area contributed by atoms with E-state index in [4.69, 9.17) is 25.8 Å². The highest BCUT2D eigenvalue weighted by molar-refractivity contribution is 6.33. The van der Waals surface area contributed by atoms with Gasteiger partial charge in [0.15, 0.2) is 5.82 Å². The Morgan fingerprint density at radius 2 is 1.74 bits per heavy atom. The lowest BCUT2D eigenvalue weighted by Crippen LogP contribution is -2.36. The van der Waals surface area contributed by atoms with Crippen LogP contribution in [-0.4, -0.2) is 56.5 Å². The maximum Gasteiger partial charge on any atom is 0.416 e. The van der Waals surface area contributed by atoms with Crippen molar-refractivity contribution in [1.29, 1.82) is 0 Å². The van der Waals surface area contributed by atoms with Crippen LogP contribution >= 0.6 is 11.6 Å². The van der Waals surface area contributed by atoms with Gasteiger partial charge in [0.25, 0.3) is 0 Å². The molecule has 0 saturated carbocycles. The van der Waals surface area contributed by atoms with Gasteiger partial charge < -0.3 is 40.4 Å². The third-order valence-corrected chi connectivity index (χ3v) is 7.23. The second kappa shape index (κ2) is 14.4. The van der Waals surface area contributed by atoms with E-state index >= 15 is 0 Å². The van der Waals surface area contributed by atoms with Crippen molar-refractivity contribution in [3.05, 3.63) is 83.0 Å². The largest absolute Gasteiger partial charge is 0.495 e. The summed E-state index contributed by atoms with van der Waals surface area (Å²) < 4.78 is 55.6. The molecule has 11 nitrogen and oxygen atoms in total. The average molecular weight is 658 g/mol. The molecule has 2 heterocycles. The van der Waals surface area contributed by atoms with Crippen LogP contribution in [-0.2, 0) is 17.5 Å². The molecule has 2 amide bonds. The maximum absolute atomic E-state index is 13.0. The van der Waals surface area contributed by atoms with E-state index < -0.39 is 17.8 Å². The molecule has 1 saturated heterocycles. The van der Waals surface area contributed by atoms with Crippen LogP contribution < -0.4 is 35.6 Å². The van der Waals surface area contributed by atoms with E-state index in [9.17, 15) is 18.0 Å². The van der Waals surface area contributed by atoms with E-state index in [0.29, 0.717) is 65.6 Å². The summed E-state index contributed by atoms with van der Waals surface area (Å²) in [6, 6.07) is 14.7. The van der Waals surface area contributed by atoms with Gasteiger partial charge in [0.2, 0.25) is 5.95 Å². The standard InChI is InChI=1S/C31H31ClF3N7O4/c1-44-25-8-4-7-24(27(25)42-11-13-46-14-12-42)39-28-22(32)18-36-29(41-28)40-23-10-9-21(16-26(23)45-2)38-30(43)37-17-19-5-3-6-20(15-19)31(33,34)35/h3-10,15-16,18H,11-14,17H2,1-2H3,(H2,37,38,43)(H2,36,39,40,41). The number of urea groups is 1. The van der Waals surface area contributed by atoms with Gasteiger partial charge in [0, 0.05) is 31.4 Å². The number of alkyl halides is 3. The molecule has 0 unspecified atom stereocenters. The van der Waals surface area contributed by atoms with Crippen LogP contribution in [0.4, 0.5) is 52.5 Å². The number of carbonyl (C=O) groups is 1. The normalized spacial score (nSPS) is 13.1. The molecule has 3 aromatic carbocycles. The number of carbonyl (C=O) groups excluding carboxylic acids is 1. The molecule has 1 fully saturated rings. The van der Waals surface area contributed by atoms with Gasteiger partial charge in [-0.2, -0.15) is 18.2 Å². The Kier molecular flexibility index (Phi) is 10.2. The zero-order valence-electron chi connectivity index (χ0n) is 24.9. The molecular weight excluding hydrogens is 627 g/mol. The molecular formula is C31H31ClF3N7O4. The number of halogens is 4. The van der Waals surface area contributed by atoms with Crippen LogP contribution in [0.2, 0.25) is 5.02 Å². The zero-order chi connectivity index (χ0) is 32.7. The molecule has 1 aromatic heterocycles. The molecule has 15 heteroatoms. The molecule has 1 aliphatic heterocycles. The van der Waals surface area contributed by atoms with Crippen LogP contribution in [0.1, 0.15) is 11.1 Å². The van der Waals surface area contributed by atoms with Gasteiger partial charge in [-0.05, 0) is 42.0 Å². The second-order valence-electron chi connectivity index (χ2n) is 10.0. The third-order valence-electron chi connectivity index (χ3n) is 6.96. The van der Waals surface area contributed by atoms with Crippen LogP contribution in [0.3, 0.4) is 0 Å². The first-order valence-corrected chi connectivity index (χ1v) is 14.5. The number of hydrogen-bond acceptors (Lipinski definition) is 9. The third kappa shape index (κ3) is 8.00. The Bertz CT molecular complexity index is 1690. The van der Waals surface area contributed by atoms with Crippen LogP contribution in [0.25, 0.3) is 0 Å². The SMILES string of the molecule is COc1cc(NC(=O)NCc2cccc(C(F)(F)F)c2)ccc1Nc1ncc(Cl)c(Nc2cccc(OC)c2N2CCOCC2)n1. The number of benzene rings is 3. The van der Waals surface area contributed by atoms with E-state index in [2.05, 4.69) is 36.1 Å². The molecule has 1 aliphatic rings. The lowest BCUT2D eigenvalue weighted by molar-refractivity contribution is -0.137. The summed E-state index contributed by atoms with van der Waals surface area (Å²) in [5.74, 6) is 1.64. The molecule has 0 aliphatic carbocycles. The zero-order valence-corrected chi connectivity index (χ0v) is 25.6. The summed E-state index contributed by atoms with van der Waals surface area (Å²) in [5, 5.41) is 11.9. The van der Waals surface area contributed by atoms with Gasteiger partial charge in [-0.1, -0.05) is 29.8 Å². The summed E-state index contributed by atoms with van der Waals surface area (Å²) in [6.45, 7) is 2.49. The molecule has 4 aromatic rings. The second-order valence-corrected chi connectivity index (χ2v) is 10.4. The van der Waals surface area contributed by atoms with Gasteiger partial charge in [0.1, 0.15) is 22.2 Å². The Morgan fingerprint density at radius 3 is 2.48 bits per heavy atom. The minimum Gasteiger partial charge on any atom is -0.495 e. The number of anilines is 6. The topological polar surface area (TPSA) is 122 Å². The van der Waals surface area contributed by atoms with Crippen molar-refractivity contribution >= 4 is 52.1 Å². The predicted octanol–water partition coefficient (Wildman–Crippen LogP) is 6.81. The molecule has 0 spiro atoms. The monoisotopic (exact) mass is 657 g/mol. The van der Waals surface area contributed by atoms with Gasteiger partial charge in [-0.25, -0.2) is 9.78 Å². The quantitative estimate of drug-likeness (QED) is 0.146. The summed E-state index contributed by atoms with van der Waals surface area (Å²) in [5.41, 5.74) is 2.01. The minimum absolute atomic E-state index is 0.0967. The number of methoxy groups -OCH3 is 2. The number of rotatable bonds is 10. The predicted molar refractivity (Wildman–Crippen MR) is 170 cm³/mol. The number of amides is 2. The number of hydrogen-bond donors (Lipinski definition) is 4. The Morgan fingerprint density at radius 1 is 0.978 bits per heavy atom. The number of nitrogens with one attached hydrogen (secondary N) is 4. The molecule has 5 rings (SSSR count). The fourth-order valence-corrected chi connectivity index (χ4v) is 4.89. The number of morpholine rings is 1. The molecule has 4 N–H and O–H groups in total. The van der Waals surface area contributed by atoms with Gasteiger partial charge in [0.05, 0.1) is 50.6 Å². The van der Waals surface area contributed by atoms with Crippen LogP contribution in [0.15, 0.2) is 66.9 Å². The fraction of sp³-hybridized carbons (Fsp3) is 0.258. The minimum atomic E-state index is -4.47. The first-order valence-electron chi connectivity index (χ1n) is 14.1. The first-order chi connectivity index (χ1) is 22.1. The lowest BCUT2D eigenvalue weighted by atomic mass is 10.1. The van der Waals surface area contributed by atoms with E-state index in [-0.39, 0.29) is 12.5 Å². The molecule has 0 bridgehead atoms. The highest BCUT2D eigenvalue weighted by Crippen LogP contribution is 2.39. The van der Waals surface area contributed by atoms with Gasteiger partial charge in [-0.15, -0.1) is 0 Å². The summed E-state index contributed by atoms with van der Waals surface area (Å²) in [4.78, 5) is 23.5. The highest BCUT2D eigenvalue weighted by Gasteiger charge is 2.30.